The number of nitrogens with two attached hydrogens (primary N) is 1. The number of methoxy groups -OCH3 is 1. The number of ether oxygens (including phenoxy) is 2. The third kappa shape index (κ3) is 5.21. The summed E-state index contributed by atoms with van der Waals surface area (Å²) in [6, 6.07) is 3.85. The van der Waals surface area contributed by atoms with Gasteiger partial charge in [-0.1, -0.05) is 34.6 Å². The number of benzene rings is 1. The van der Waals surface area contributed by atoms with Crippen LogP contribution in [0.2, 0.25) is 0 Å². The quantitative estimate of drug-likeness (QED) is 0.604. The van der Waals surface area contributed by atoms with E-state index in [0.29, 0.717) is 11.5 Å². The fourth-order valence-electron chi connectivity index (χ4n) is 2.18. The molecule has 0 spiro atoms. The molecule has 1 amide bonds. The zero-order valence-corrected chi connectivity index (χ0v) is 18.5. The zero-order chi connectivity index (χ0) is 20.4. The van der Waals surface area contributed by atoms with Crippen LogP contribution in [-0.2, 0) is 4.79 Å². The highest BCUT2D eigenvalue weighted by molar-refractivity contribution is 14.1. The maximum atomic E-state index is 12.1. The van der Waals surface area contributed by atoms with Gasteiger partial charge in [0.2, 0.25) is 11.9 Å². The van der Waals surface area contributed by atoms with Crippen LogP contribution in [0.5, 0.6) is 17.2 Å². The van der Waals surface area contributed by atoms with E-state index in [0.717, 1.165) is 14.9 Å². The number of nitrogens with one attached hydrogen (secondary N) is 1. The number of nitrogens with zero attached hydrogens (tertiary/aromatic N) is 2. The lowest BCUT2D eigenvalue weighted by Gasteiger charge is -2.18. The Morgan fingerprint density at radius 3 is 2.41 bits per heavy atom. The maximum absolute atomic E-state index is 12.1. The minimum atomic E-state index is -0.556. The summed E-state index contributed by atoms with van der Waals surface area (Å²) >= 11 is 2.19. The van der Waals surface area contributed by atoms with Crippen molar-refractivity contribution in [2.75, 3.05) is 18.2 Å². The molecule has 7 nitrogen and oxygen atoms in total. The van der Waals surface area contributed by atoms with E-state index in [-0.39, 0.29) is 23.6 Å². The van der Waals surface area contributed by atoms with E-state index >= 15 is 0 Å². The SMILES string of the molecule is COc1cc(C(C)C)c(Oc2cnc(NC(=O)C(C)(C)C)nc2N)cc1I. The van der Waals surface area contributed by atoms with Gasteiger partial charge in [0.05, 0.1) is 16.9 Å². The van der Waals surface area contributed by atoms with E-state index in [1.165, 1.54) is 6.20 Å². The first-order valence-electron chi connectivity index (χ1n) is 8.52. The van der Waals surface area contributed by atoms with E-state index < -0.39 is 5.41 Å². The molecule has 0 aliphatic rings. The van der Waals surface area contributed by atoms with Crippen LogP contribution in [-0.4, -0.2) is 23.0 Å². The minimum absolute atomic E-state index is 0.146. The van der Waals surface area contributed by atoms with Crippen LogP contribution in [0, 0.1) is 8.99 Å². The van der Waals surface area contributed by atoms with E-state index in [1.54, 1.807) is 7.11 Å². The highest BCUT2D eigenvalue weighted by Gasteiger charge is 2.22. The van der Waals surface area contributed by atoms with Gasteiger partial charge in [-0.2, -0.15) is 4.98 Å². The smallest absolute Gasteiger partial charge is 0.232 e. The van der Waals surface area contributed by atoms with E-state index in [9.17, 15) is 4.79 Å². The maximum Gasteiger partial charge on any atom is 0.232 e. The molecule has 1 aromatic carbocycles. The van der Waals surface area contributed by atoms with Gasteiger partial charge in [-0.15, -0.1) is 0 Å². The number of carbonyl (C=O) groups is 1. The normalized spacial score (nSPS) is 11.4. The molecule has 0 fully saturated rings. The summed E-state index contributed by atoms with van der Waals surface area (Å²) < 4.78 is 12.3. The molecule has 0 aliphatic heterocycles. The Bertz CT molecular complexity index is 848. The average Bonchev–Trinajstić information content (AvgIpc) is 2.56. The minimum Gasteiger partial charge on any atom is -0.496 e. The predicted molar refractivity (Wildman–Crippen MR) is 114 cm³/mol. The standard InChI is InChI=1S/C19H25IN4O3/c1-10(2)11-7-14(26-6)12(20)8-13(11)27-15-9-22-18(23-16(15)21)24-17(25)19(3,4)5/h7-10H,1-6H3,(H3,21,22,23,24,25). The Hall–Kier alpha value is -2.10. The molecule has 27 heavy (non-hydrogen) atoms. The lowest BCUT2D eigenvalue weighted by Crippen LogP contribution is -2.28. The first-order chi connectivity index (χ1) is 12.5. The molecule has 0 aliphatic carbocycles. The molecule has 146 valence electrons. The topological polar surface area (TPSA) is 99.4 Å². The third-order valence-corrected chi connectivity index (χ3v) is 4.66. The van der Waals surface area contributed by atoms with Gasteiger partial charge in [0.15, 0.2) is 11.6 Å². The summed E-state index contributed by atoms with van der Waals surface area (Å²) in [5, 5.41) is 2.65. The monoisotopic (exact) mass is 484 g/mol. The fourth-order valence-corrected chi connectivity index (χ4v) is 2.84. The molecule has 0 bridgehead atoms. The van der Waals surface area contributed by atoms with Crippen LogP contribution >= 0.6 is 22.6 Å². The first-order valence-corrected chi connectivity index (χ1v) is 9.60. The van der Waals surface area contributed by atoms with Gasteiger partial charge < -0.3 is 15.2 Å². The molecule has 1 heterocycles. The molecule has 1 aromatic heterocycles. The highest BCUT2D eigenvalue weighted by Crippen LogP contribution is 2.37. The molecular weight excluding hydrogens is 459 g/mol. The van der Waals surface area contributed by atoms with Crippen LogP contribution in [0.15, 0.2) is 18.3 Å². The Kier molecular flexibility index (Phi) is 6.50. The number of rotatable bonds is 5. The number of nitrogen functional groups attached to an aromatic ring is 1. The molecule has 2 aromatic rings. The summed E-state index contributed by atoms with van der Waals surface area (Å²) in [7, 11) is 1.64. The van der Waals surface area contributed by atoms with Crippen molar-refractivity contribution >= 4 is 40.3 Å². The van der Waals surface area contributed by atoms with Crippen molar-refractivity contribution in [1.82, 2.24) is 9.97 Å². The number of amides is 1. The first kappa shape index (κ1) is 21.2. The Morgan fingerprint density at radius 2 is 1.89 bits per heavy atom. The van der Waals surface area contributed by atoms with Crippen molar-refractivity contribution in [2.45, 2.75) is 40.5 Å². The lowest BCUT2D eigenvalue weighted by atomic mass is 9.96. The summed E-state index contributed by atoms with van der Waals surface area (Å²) in [6.07, 6.45) is 1.46. The molecule has 8 heteroatoms. The van der Waals surface area contributed by atoms with E-state index in [1.807, 2.05) is 32.9 Å². The number of halogens is 1. The molecule has 0 saturated heterocycles. The van der Waals surface area contributed by atoms with Crippen LogP contribution in [0.4, 0.5) is 11.8 Å². The van der Waals surface area contributed by atoms with Crippen LogP contribution < -0.4 is 20.5 Å². The van der Waals surface area contributed by atoms with Crippen molar-refractivity contribution in [3.63, 3.8) is 0 Å². The second-order valence-electron chi connectivity index (χ2n) is 7.43. The van der Waals surface area contributed by atoms with Crippen LogP contribution in [0.3, 0.4) is 0 Å². The van der Waals surface area contributed by atoms with Gasteiger partial charge in [0.25, 0.3) is 0 Å². The van der Waals surface area contributed by atoms with Gasteiger partial charge in [0, 0.05) is 11.0 Å². The lowest BCUT2D eigenvalue weighted by molar-refractivity contribution is -0.123. The number of hydrogen-bond acceptors (Lipinski definition) is 6. The highest BCUT2D eigenvalue weighted by atomic mass is 127. The Morgan fingerprint density at radius 1 is 1.22 bits per heavy atom. The molecule has 3 N–H and O–H groups in total. The van der Waals surface area contributed by atoms with Gasteiger partial charge in [-0.3, -0.25) is 10.1 Å². The molecule has 0 atom stereocenters. The molecule has 0 radical (unpaired) electrons. The molecule has 2 rings (SSSR count). The van der Waals surface area contributed by atoms with Crippen LogP contribution in [0.25, 0.3) is 0 Å². The second kappa shape index (κ2) is 8.28. The number of anilines is 2. The largest absolute Gasteiger partial charge is 0.496 e. The third-order valence-electron chi connectivity index (χ3n) is 3.82. The second-order valence-corrected chi connectivity index (χ2v) is 8.59. The van der Waals surface area contributed by atoms with Gasteiger partial charge in [-0.05, 0) is 40.6 Å². The molecular formula is C19H25IN4O3. The van der Waals surface area contributed by atoms with Gasteiger partial charge in [0.1, 0.15) is 11.5 Å². The van der Waals surface area contributed by atoms with Crippen molar-refractivity contribution in [3.8, 4) is 17.2 Å². The number of hydrogen-bond donors (Lipinski definition) is 2. The predicted octanol–water partition coefficient (Wildman–Crippen LogP) is 4.57. The van der Waals surface area contributed by atoms with Crippen molar-refractivity contribution in [1.29, 1.82) is 0 Å². The van der Waals surface area contributed by atoms with E-state index in [2.05, 4.69) is 51.7 Å². The molecule has 0 unspecified atom stereocenters. The average molecular weight is 484 g/mol. The van der Waals surface area contributed by atoms with Gasteiger partial charge in [-0.25, -0.2) is 4.98 Å². The number of aromatic nitrogens is 2. The van der Waals surface area contributed by atoms with E-state index in [4.69, 9.17) is 15.2 Å². The summed E-state index contributed by atoms with van der Waals surface area (Å²) in [4.78, 5) is 20.3. The summed E-state index contributed by atoms with van der Waals surface area (Å²) in [6.45, 7) is 9.56. The van der Waals surface area contributed by atoms with Crippen molar-refractivity contribution in [2.24, 2.45) is 5.41 Å². The van der Waals surface area contributed by atoms with Crippen molar-refractivity contribution < 1.29 is 14.3 Å². The zero-order valence-electron chi connectivity index (χ0n) is 16.4. The fraction of sp³-hybridized carbons (Fsp3) is 0.421. The van der Waals surface area contributed by atoms with Crippen LogP contribution in [0.1, 0.15) is 46.1 Å². The van der Waals surface area contributed by atoms with Crippen molar-refractivity contribution in [3.05, 3.63) is 27.5 Å². The Balaban J connectivity index is 2.31. The summed E-state index contributed by atoms with van der Waals surface area (Å²) in [5.41, 5.74) is 6.45. The summed E-state index contributed by atoms with van der Waals surface area (Å²) in [5.74, 6) is 2.10. The Labute approximate surface area is 173 Å². The van der Waals surface area contributed by atoms with Gasteiger partial charge >= 0.3 is 0 Å². The molecule has 0 saturated carbocycles. The number of carbonyl (C=O) groups excluding carboxylic acids is 1.